The van der Waals surface area contributed by atoms with E-state index in [0.717, 1.165) is 22.6 Å². The second kappa shape index (κ2) is 8.28. The molecule has 5 rings (SSSR count). The van der Waals surface area contributed by atoms with E-state index in [2.05, 4.69) is 26.3 Å². The van der Waals surface area contributed by atoms with Crippen molar-refractivity contribution in [2.75, 3.05) is 0 Å². The molecule has 5 nitrogen and oxygen atoms in total. The molecular weight excluding hydrogens is 409 g/mol. The number of nitrogens with one attached hydrogen (secondary N) is 1. The SMILES string of the molecule is Fc1cccc(-n2cccc2[C@H]2[C@@H](c3ccccn3)NC(=S)N2Cc2cccnc2)c1. The molecule has 0 saturated carbocycles. The number of thiocarbonyl (C=S) groups is 1. The number of pyridine rings is 2. The summed E-state index contributed by atoms with van der Waals surface area (Å²) < 4.78 is 16.0. The first-order chi connectivity index (χ1) is 15.2. The summed E-state index contributed by atoms with van der Waals surface area (Å²) in [4.78, 5) is 11.0. The van der Waals surface area contributed by atoms with Gasteiger partial charge in [0.15, 0.2) is 5.11 Å². The lowest BCUT2D eigenvalue weighted by atomic mass is 10.0. The fourth-order valence-electron chi connectivity index (χ4n) is 4.08. The van der Waals surface area contributed by atoms with Gasteiger partial charge in [-0.3, -0.25) is 9.97 Å². The van der Waals surface area contributed by atoms with Crippen molar-refractivity contribution in [2.45, 2.75) is 18.6 Å². The Morgan fingerprint density at radius 2 is 1.94 bits per heavy atom. The van der Waals surface area contributed by atoms with Crippen LogP contribution < -0.4 is 5.32 Å². The highest BCUT2D eigenvalue weighted by molar-refractivity contribution is 7.80. The Balaban J connectivity index is 1.61. The van der Waals surface area contributed by atoms with Gasteiger partial charge in [0.05, 0.1) is 17.8 Å². The second-order valence-corrected chi connectivity index (χ2v) is 7.79. The zero-order valence-electron chi connectivity index (χ0n) is 16.6. The summed E-state index contributed by atoms with van der Waals surface area (Å²) in [6.07, 6.45) is 7.34. The average molecular weight is 430 g/mol. The molecule has 0 bridgehead atoms. The van der Waals surface area contributed by atoms with E-state index in [1.165, 1.54) is 12.1 Å². The number of hydrogen-bond donors (Lipinski definition) is 1. The van der Waals surface area contributed by atoms with Crippen molar-refractivity contribution in [3.05, 3.63) is 114 Å². The first-order valence-electron chi connectivity index (χ1n) is 10.0. The molecule has 1 saturated heterocycles. The minimum absolute atomic E-state index is 0.138. The third kappa shape index (κ3) is 3.80. The third-order valence-corrected chi connectivity index (χ3v) is 5.80. The molecule has 0 amide bonds. The van der Waals surface area contributed by atoms with Crippen LogP contribution in [0, 0.1) is 5.82 Å². The monoisotopic (exact) mass is 429 g/mol. The smallest absolute Gasteiger partial charge is 0.170 e. The molecule has 7 heteroatoms. The molecule has 1 N–H and O–H groups in total. The molecule has 0 radical (unpaired) electrons. The van der Waals surface area contributed by atoms with Crippen molar-refractivity contribution in [1.82, 2.24) is 24.8 Å². The van der Waals surface area contributed by atoms with Gasteiger partial charge >= 0.3 is 0 Å². The number of hydrogen-bond acceptors (Lipinski definition) is 3. The summed E-state index contributed by atoms with van der Waals surface area (Å²) in [6.45, 7) is 0.599. The maximum absolute atomic E-state index is 14.0. The van der Waals surface area contributed by atoms with E-state index in [9.17, 15) is 4.39 Å². The van der Waals surface area contributed by atoms with Crippen LogP contribution in [-0.2, 0) is 6.54 Å². The molecular formula is C24H20FN5S. The Hall–Kier alpha value is -3.58. The Kier molecular flexibility index (Phi) is 5.18. The van der Waals surface area contributed by atoms with Gasteiger partial charge in [-0.05, 0) is 66.3 Å². The second-order valence-electron chi connectivity index (χ2n) is 7.40. The molecule has 2 atom stereocenters. The largest absolute Gasteiger partial charge is 0.352 e. The summed E-state index contributed by atoms with van der Waals surface area (Å²) in [7, 11) is 0. The van der Waals surface area contributed by atoms with Gasteiger partial charge in [0.1, 0.15) is 5.82 Å². The number of nitrogens with zero attached hydrogens (tertiary/aromatic N) is 4. The Labute approximate surface area is 185 Å². The lowest BCUT2D eigenvalue weighted by molar-refractivity contribution is 0.302. The summed E-state index contributed by atoms with van der Waals surface area (Å²) in [5.41, 5.74) is 3.72. The number of benzene rings is 1. The molecule has 1 aliphatic heterocycles. The van der Waals surface area contributed by atoms with Crippen molar-refractivity contribution in [2.24, 2.45) is 0 Å². The molecule has 0 aliphatic carbocycles. The lowest BCUT2D eigenvalue weighted by Crippen LogP contribution is -2.30. The van der Waals surface area contributed by atoms with Crippen molar-refractivity contribution in [3.8, 4) is 5.69 Å². The molecule has 4 heterocycles. The normalized spacial score (nSPS) is 18.2. The molecule has 4 aromatic rings. The van der Waals surface area contributed by atoms with Crippen LogP contribution in [0.4, 0.5) is 4.39 Å². The Morgan fingerprint density at radius 3 is 2.71 bits per heavy atom. The maximum atomic E-state index is 14.0. The van der Waals surface area contributed by atoms with Gasteiger partial charge in [-0.2, -0.15) is 0 Å². The van der Waals surface area contributed by atoms with Crippen LogP contribution in [0.25, 0.3) is 5.69 Å². The summed E-state index contributed by atoms with van der Waals surface area (Å²) in [5, 5.41) is 4.11. The molecule has 1 fully saturated rings. The summed E-state index contributed by atoms with van der Waals surface area (Å²) >= 11 is 5.75. The van der Waals surface area contributed by atoms with Crippen LogP contribution in [0.3, 0.4) is 0 Å². The van der Waals surface area contributed by atoms with Gasteiger partial charge < -0.3 is 14.8 Å². The standard InChI is InChI=1S/C24H20FN5S/c25-18-7-3-8-19(14-18)29-13-5-10-21(29)23-22(20-9-1-2-12-27-20)28-24(31)30(23)16-17-6-4-11-26-15-17/h1-15,22-23H,16H2,(H,28,31)/t22-,23+/m1/s1. The topological polar surface area (TPSA) is 46.0 Å². The van der Waals surface area contributed by atoms with Gasteiger partial charge in [-0.25, -0.2) is 4.39 Å². The minimum atomic E-state index is -0.272. The first kappa shape index (κ1) is 19.4. The number of rotatable bonds is 5. The highest BCUT2D eigenvalue weighted by atomic mass is 32.1. The summed E-state index contributed by atoms with van der Waals surface area (Å²) in [6, 6.07) is 20.2. The lowest BCUT2D eigenvalue weighted by Gasteiger charge is -2.29. The van der Waals surface area contributed by atoms with E-state index in [4.69, 9.17) is 12.2 Å². The van der Waals surface area contributed by atoms with Crippen LogP contribution in [0.1, 0.15) is 29.0 Å². The first-order valence-corrected chi connectivity index (χ1v) is 10.4. The van der Waals surface area contributed by atoms with Crippen molar-refractivity contribution in [3.63, 3.8) is 0 Å². The van der Waals surface area contributed by atoms with E-state index >= 15 is 0 Å². The van der Waals surface area contributed by atoms with E-state index < -0.39 is 0 Å². The molecule has 1 aromatic carbocycles. The number of halogens is 1. The molecule has 1 aliphatic rings. The molecule has 154 valence electrons. The van der Waals surface area contributed by atoms with Crippen LogP contribution in [0.15, 0.2) is 91.5 Å². The van der Waals surface area contributed by atoms with Gasteiger partial charge in [0, 0.05) is 42.7 Å². The van der Waals surface area contributed by atoms with Gasteiger partial charge in [-0.1, -0.05) is 18.2 Å². The Morgan fingerprint density at radius 1 is 1.00 bits per heavy atom. The van der Waals surface area contributed by atoms with Crippen molar-refractivity contribution >= 4 is 17.3 Å². The van der Waals surface area contributed by atoms with Crippen LogP contribution >= 0.6 is 12.2 Å². The zero-order chi connectivity index (χ0) is 21.2. The Bertz CT molecular complexity index is 1190. The fraction of sp³-hybridized carbons (Fsp3) is 0.125. The molecule has 0 spiro atoms. The van der Waals surface area contributed by atoms with Crippen molar-refractivity contribution < 1.29 is 4.39 Å². The number of aromatic nitrogens is 3. The van der Waals surface area contributed by atoms with Crippen LogP contribution in [-0.4, -0.2) is 24.5 Å². The molecule has 0 unspecified atom stereocenters. The molecule has 3 aromatic heterocycles. The highest BCUT2D eigenvalue weighted by Crippen LogP contribution is 2.40. The third-order valence-electron chi connectivity index (χ3n) is 5.44. The van der Waals surface area contributed by atoms with Crippen molar-refractivity contribution in [1.29, 1.82) is 0 Å². The summed E-state index contributed by atoms with van der Waals surface area (Å²) in [5.74, 6) is -0.272. The maximum Gasteiger partial charge on any atom is 0.170 e. The minimum Gasteiger partial charge on any atom is -0.352 e. The van der Waals surface area contributed by atoms with Gasteiger partial charge in [-0.15, -0.1) is 0 Å². The predicted octanol–water partition coefficient (Wildman–Crippen LogP) is 4.58. The van der Waals surface area contributed by atoms with Gasteiger partial charge in [0.25, 0.3) is 0 Å². The average Bonchev–Trinajstić information content (AvgIpc) is 3.40. The van der Waals surface area contributed by atoms with E-state index in [1.54, 1.807) is 18.5 Å². The van der Waals surface area contributed by atoms with Gasteiger partial charge in [0.2, 0.25) is 0 Å². The highest BCUT2D eigenvalue weighted by Gasteiger charge is 2.41. The fourth-order valence-corrected chi connectivity index (χ4v) is 4.39. The predicted molar refractivity (Wildman–Crippen MR) is 121 cm³/mol. The van der Waals surface area contributed by atoms with Crippen LogP contribution in [0.5, 0.6) is 0 Å². The van der Waals surface area contributed by atoms with Crippen LogP contribution in [0.2, 0.25) is 0 Å². The molecule has 31 heavy (non-hydrogen) atoms. The van der Waals surface area contributed by atoms with E-state index in [0.29, 0.717) is 11.7 Å². The van der Waals surface area contributed by atoms with E-state index in [-0.39, 0.29) is 17.9 Å². The quantitative estimate of drug-likeness (QED) is 0.471. The zero-order valence-corrected chi connectivity index (χ0v) is 17.4. The van der Waals surface area contributed by atoms with E-state index in [1.807, 2.05) is 59.4 Å².